The number of thiazole rings is 1. The molecule has 0 unspecified atom stereocenters. The first-order valence-electron chi connectivity index (χ1n) is 9.07. The molecule has 3 rings (SSSR count). The van der Waals surface area contributed by atoms with E-state index < -0.39 is 0 Å². The number of carbonyl (C=O) groups excluding carboxylic acids is 2. The van der Waals surface area contributed by atoms with Crippen LogP contribution in [0.3, 0.4) is 0 Å². The molecular formula is C19H22N6O3S2. The number of aromatic nitrogens is 4. The second-order valence-corrected chi connectivity index (χ2v) is 8.19. The Morgan fingerprint density at radius 3 is 2.63 bits per heavy atom. The number of amides is 2. The molecule has 3 aromatic rings. The van der Waals surface area contributed by atoms with Gasteiger partial charge in [-0.1, -0.05) is 23.9 Å². The Balaban J connectivity index is 1.46. The fraction of sp³-hybridized carbons (Fsp3) is 0.316. The predicted octanol–water partition coefficient (Wildman–Crippen LogP) is 2.18. The maximum Gasteiger partial charge on any atom is 0.236 e. The molecule has 0 atom stereocenters. The van der Waals surface area contributed by atoms with Gasteiger partial charge in [0.2, 0.25) is 11.8 Å². The molecule has 2 N–H and O–H groups in total. The number of anilines is 1. The SMILES string of the molecule is COc1ccc(CC(=O)NCc2nnc(SCC(=O)Nc3nc(C)cs3)n2C)cc1. The fourth-order valence-corrected chi connectivity index (χ4v) is 3.92. The van der Waals surface area contributed by atoms with Crippen LogP contribution in [0.4, 0.5) is 5.13 Å². The Morgan fingerprint density at radius 2 is 1.97 bits per heavy atom. The molecule has 2 aromatic heterocycles. The van der Waals surface area contributed by atoms with Gasteiger partial charge in [-0.05, 0) is 24.6 Å². The van der Waals surface area contributed by atoms with Crippen molar-refractivity contribution < 1.29 is 14.3 Å². The zero-order valence-corrected chi connectivity index (χ0v) is 18.5. The molecule has 0 aliphatic heterocycles. The number of methoxy groups -OCH3 is 1. The summed E-state index contributed by atoms with van der Waals surface area (Å²) in [4.78, 5) is 28.4. The number of rotatable bonds is 9. The molecule has 0 aliphatic rings. The van der Waals surface area contributed by atoms with Crippen LogP contribution in [0.2, 0.25) is 0 Å². The summed E-state index contributed by atoms with van der Waals surface area (Å²) in [5, 5.41) is 16.8. The topological polar surface area (TPSA) is 111 Å². The highest BCUT2D eigenvalue weighted by atomic mass is 32.2. The molecule has 0 radical (unpaired) electrons. The number of thioether (sulfide) groups is 1. The van der Waals surface area contributed by atoms with Crippen LogP contribution in [0.25, 0.3) is 0 Å². The van der Waals surface area contributed by atoms with Crippen molar-refractivity contribution >= 4 is 40.0 Å². The largest absolute Gasteiger partial charge is 0.497 e. The minimum Gasteiger partial charge on any atom is -0.497 e. The quantitative estimate of drug-likeness (QED) is 0.485. The number of ether oxygens (including phenoxy) is 1. The summed E-state index contributed by atoms with van der Waals surface area (Å²) in [6, 6.07) is 7.35. The maximum absolute atomic E-state index is 12.2. The molecule has 0 saturated heterocycles. The first-order valence-corrected chi connectivity index (χ1v) is 10.9. The summed E-state index contributed by atoms with van der Waals surface area (Å²) in [6.07, 6.45) is 0.264. The van der Waals surface area contributed by atoms with Crippen molar-refractivity contribution in [3.05, 3.63) is 46.7 Å². The second-order valence-electron chi connectivity index (χ2n) is 6.39. The van der Waals surface area contributed by atoms with Gasteiger partial charge in [-0.15, -0.1) is 21.5 Å². The average Bonchev–Trinajstić information content (AvgIpc) is 3.30. The molecule has 1 aromatic carbocycles. The zero-order valence-electron chi connectivity index (χ0n) is 16.8. The lowest BCUT2D eigenvalue weighted by atomic mass is 10.1. The average molecular weight is 447 g/mol. The third-order valence-electron chi connectivity index (χ3n) is 4.09. The van der Waals surface area contributed by atoms with Crippen LogP contribution >= 0.6 is 23.1 Å². The van der Waals surface area contributed by atoms with Crippen LogP contribution in [0.5, 0.6) is 5.75 Å². The van der Waals surface area contributed by atoms with Gasteiger partial charge in [0, 0.05) is 12.4 Å². The summed E-state index contributed by atoms with van der Waals surface area (Å²) in [7, 11) is 3.40. The van der Waals surface area contributed by atoms with Crippen molar-refractivity contribution in [1.29, 1.82) is 0 Å². The molecule has 30 heavy (non-hydrogen) atoms. The second kappa shape index (κ2) is 10.2. The van der Waals surface area contributed by atoms with Gasteiger partial charge in [0.15, 0.2) is 16.1 Å². The van der Waals surface area contributed by atoms with E-state index in [0.717, 1.165) is 17.0 Å². The van der Waals surface area contributed by atoms with E-state index in [1.54, 1.807) is 18.7 Å². The first kappa shape index (κ1) is 21.8. The highest BCUT2D eigenvalue weighted by Crippen LogP contribution is 2.18. The molecule has 11 heteroatoms. The molecule has 2 amide bonds. The number of aryl methyl sites for hydroxylation is 1. The lowest BCUT2D eigenvalue weighted by Gasteiger charge is -2.07. The van der Waals surface area contributed by atoms with Gasteiger partial charge in [0.05, 0.1) is 31.5 Å². The van der Waals surface area contributed by atoms with E-state index in [-0.39, 0.29) is 30.5 Å². The molecule has 0 spiro atoms. The Morgan fingerprint density at radius 1 is 1.20 bits per heavy atom. The van der Waals surface area contributed by atoms with E-state index in [1.165, 1.54) is 23.1 Å². The van der Waals surface area contributed by atoms with Gasteiger partial charge in [0.25, 0.3) is 0 Å². The number of nitrogens with zero attached hydrogens (tertiary/aromatic N) is 4. The highest BCUT2D eigenvalue weighted by molar-refractivity contribution is 7.99. The summed E-state index contributed by atoms with van der Waals surface area (Å²) in [6.45, 7) is 2.13. The lowest BCUT2D eigenvalue weighted by Crippen LogP contribution is -2.26. The molecule has 9 nitrogen and oxygen atoms in total. The molecule has 0 saturated carbocycles. The number of benzene rings is 1. The normalized spacial score (nSPS) is 10.6. The summed E-state index contributed by atoms with van der Waals surface area (Å²) >= 11 is 2.66. The number of hydrogen-bond acceptors (Lipinski definition) is 8. The molecule has 0 fully saturated rings. The Labute approximate surface area is 182 Å². The molecule has 0 bridgehead atoms. The molecular weight excluding hydrogens is 424 g/mol. The maximum atomic E-state index is 12.2. The lowest BCUT2D eigenvalue weighted by molar-refractivity contribution is -0.120. The zero-order chi connectivity index (χ0) is 21.5. The third-order valence-corrected chi connectivity index (χ3v) is 5.99. The van der Waals surface area contributed by atoms with Crippen molar-refractivity contribution in [3.63, 3.8) is 0 Å². The van der Waals surface area contributed by atoms with Gasteiger partial charge in [0.1, 0.15) is 5.75 Å². The van der Waals surface area contributed by atoms with Crippen molar-refractivity contribution in [2.75, 3.05) is 18.2 Å². The minimum atomic E-state index is -0.160. The summed E-state index contributed by atoms with van der Waals surface area (Å²) in [5.41, 5.74) is 1.76. The summed E-state index contributed by atoms with van der Waals surface area (Å²) < 4.78 is 6.88. The highest BCUT2D eigenvalue weighted by Gasteiger charge is 2.13. The Kier molecular flexibility index (Phi) is 7.41. The fourth-order valence-electron chi connectivity index (χ4n) is 2.49. The van der Waals surface area contributed by atoms with Crippen molar-refractivity contribution in [3.8, 4) is 5.75 Å². The van der Waals surface area contributed by atoms with Crippen LogP contribution in [0.1, 0.15) is 17.1 Å². The van der Waals surface area contributed by atoms with Gasteiger partial charge in [-0.2, -0.15) is 0 Å². The summed E-state index contributed by atoms with van der Waals surface area (Å²) in [5.74, 6) is 1.27. The van der Waals surface area contributed by atoms with Crippen LogP contribution in [0, 0.1) is 6.92 Å². The van der Waals surface area contributed by atoms with Gasteiger partial charge in [-0.25, -0.2) is 4.98 Å². The Hall–Kier alpha value is -2.92. The third kappa shape index (κ3) is 6.04. The van der Waals surface area contributed by atoms with Crippen LogP contribution in [-0.2, 0) is 29.6 Å². The van der Waals surface area contributed by atoms with Gasteiger partial charge >= 0.3 is 0 Å². The van der Waals surface area contributed by atoms with Crippen molar-refractivity contribution in [1.82, 2.24) is 25.1 Å². The molecule has 158 valence electrons. The van der Waals surface area contributed by atoms with E-state index in [9.17, 15) is 9.59 Å². The van der Waals surface area contributed by atoms with E-state index in [1.807, 2.05) is 36.6 Å². The van der Waals surface area contributed by atoms with Gasteiger partial charge in [-0.3, -0.25) is 9.59 Å². The van der Waals surface area contributed by atoms with Crippen LogP contribution < -0.4 is 15.4 Å². The van der Waals surface area contributed by atoms with E-state index >= 15 is 0 Å². The van der Waals surface area contributed by atoms with E-state index in [2.05, 4.69) is 25.8 Å². The van der Waals surface area contributed by atoms with Crippen molar-refractivity contribution in [2.45, 2.75) is 25.0 Å². The minimum absolute atomic E-state index is 0.115. The first-order chi connectivity index (χ1) is 14.4. The van der Waals surface area contributed by atoms with E-state index in [4.69, 9.17) is 4.74 Å². The van der Waals surface area contributed by atoms with E-state index in [0.29, 0.717) is 16.1 Å². The Bertz CT molecular complexity index is 1020. The molecule has 2 heterocycles. The van der Waals surface area contributed by atoms with Crippen molar-refractivity contribution in [2.24, 2.45) is 7.05 Å². The monoisotopic (exact) mass is 446 g/mol. The van der Waals surface area contributed by atoms with Crippen LogP contribution in [0.15, 0.2) is 34.8 Å². The predicted molar refractivity (Wildman–Crippen MR) is 116 cm³/mol. The van der Waals surface area contributed by atoms with Gasteiger partial charge < -0.3 is 19.9 Å². The smallest absolute Gasteiger partial charge is 0.236 e. The number of carbonyl (C=O) groups is 2. The number of nitrogens with one attached hydrogen (secondary N) is 2. The molecule has 0 aliphatic carbocycles. The number of hydrogen-bond donors (Lipinski definition) is 2. The standard InChI is InChI=1S/C19H22N6O3S2/c1-12-10-29-18(21-12)22-17(27)11-30-19-24-23-15(25(19)2)9-20-16(26)8-13-4-6-14(28-3)7-5-13/h4-7,10H,8-9,11H2,1-3H3,(H,20,26)(H,21,22,27). The van der Waals surface area contributed by atoms with Crippen LogP contribution in [-0.4, -0.2) is 44.4 Å².